The smallest absolute Gasteiger partial charge is 0.0632 e. The van der Waals surface area contributed by atoms with Crippen molar-refractivity contribution < 1.29 is 5.11 Å². The van der Waals surface area contributed by atoms with Crippen molar-refractivity contribution in [3.05, 3.63) is 25.3 Å². The van der Waals surface area contributed by atoms with Gasteiger partial charge in [-0.3, -0.25) is 0 Å². The van der Waals surface area contributed by atoms with Crippen molar-refractivity contribution in [3.63, 3.8) is 0 Å². The van der Waals surface area contributed by atoms with E-state index in [1.165, 1.54) is 32.1 Å². The number of alkyl halides is 1. The maximum atomic E-state index is 11.0. The van der Waals surface area contributed by atoms with Crippen LogP contribution in [-0.4, -0.2) is 16.5 Å². The fourth-order valence-electron chi connectivity index (χ4n) is 4.53. The van der Waals surface area contributed by atoms with E-state index >= 15 is 0 Å². The lowest BCUT2D eigenvalue weighted by atomic mass is 9.75. The second kappa shape index (κ2) is 7.26. The molecule has 1 N–H and O–H groups in total. The highest BCUT2D eigenvalue weighted by molar-refractivity contribution is 9.09. The second-order valence-corrected chi connectivity index (χ2v) is 7.60. The molecule has 0 spiro atoms. The largest absolute Gasteiger partial charge is 0.392 e. The van der Waals surface area contributed by atoms with Crippen molar-refractivity contribution in [1.82, 2.24) is 0 Å². The number of aliphatic hydroxyl groups is 1. The molecular weight excluding hydrogens is 312 g/mol. The first-order valence-corrected chi connectivity index (χ1v) is 9.23. The maximum Gasteiger partial charge on any atom is 0.0632 e. The second-order valence-electron chi connectivity index (χ2n) is 7.04. The van der Waals surface area contributed by atoms with Gasteiger partial charge in [0, 0.05) is 10.7 Å². The zero-order chi connectivity index (χ0) is 14.6. The van der Waals surface area contributed by atoms with Crippen LogP contribution >= 0.6 is 15.9 Å². The summed E-state index contributed by atoms with van der Waals surface area (Å²) in [4.78, 5) is 0. The van der Waals surface area contributed by atoms with Gasteiger partial charge in [0.05, 0.1) is 6.10 Å². The van der Waals surface area contributed by atoms with Gasteiger partial charge in [-0.15, -0.1) is 13.2 Å². The summed E-state index contributed by atoms with van der Waals surface area (Å²) in [6, 6.07) is 0. The van der Waals surface area contributed by atoms with Crippen molar-refractivity contribution in [2.45, 2.75) is 57.5 Å². The average molecular weight is 341 g/mol. The first-order chi connectivity index (χ1) is 9.65. The summed E-state index contributed by atoms with van der Waals surface area (Å²) in [7, 11) is 0. The SMILES string of the molecule is C=CCC1CCC(C(O)C2(CBr)CCC(CC=C)C2)C1. The fourth-order valence-corrected chi connectivity index (χ4v) is 5.37. The minimum absolute atomic E-state index is 0.113. The number of allylic oxidation sites excluding steroid dienone is 2. The Balaban J connectivity index is 1.97. The van der Waals surface area contributed by atoms with Crippen molar-refractivity contribution >= 4 is 15.9 Å². The van der Waals surface area contributed by atoms with Gasteiger partial charge in [-0.25, -0.2) is 0 Å². The monoisotopic (exact) mass is 340 g/mol. The van der Waals surface area contributed by atoms with Gasteiger partial charge in [0.15, 0.2) is 0 Å². The molecule has 2 saturated carbocycles. The molecule has 2 fully saturated rings. The topological polar surface area (TPSA) is 20.2 Å². The van der Waals surface area contributed by atoms with Crippen LogP contribution in [0.2, 0.25) is 0 Å². The van der Waals surface area contributed by atoms with Crippen LogP contribution in [0.5, 0.6) is 0 Å². The predicted octanol–water partition coefficient (Wildman–Crippen LogP) is 5.10. The third-order valence-electron chi connectivity index (χ3n) is 5.67. The lowest BCUT2D eigenvalue weighted by molar-refractivity contribution is -0.00335. The number of hydrogen-bond acceptors (Lipinski definition) is 1. The molecule has 0 aromatic carbocycles. The van der Waals surface area contributed by atoms with E-state index in [4.69, 9.17) is 0 Å². The van der Waals surface area contributed by atoms with Crippen molar-refractivity contribution in [2.75, 3.05) is 5.33 Å². The highest BCUT2D eigenvalue weighted by Crippen LogP contribution is 2.51. The number of hydrogen-bond donors (Lipinski definition) is 1. The van der Waals surface area contributed by atoms with Gasteiger partial charge < -0.3 is 5.11 Å². The summed E-state index contributed by atoms with van der Waals surface area (Å²) in [5, 5.41) is 11.9. The molecule has 5 atom stereocenters. The predicted molar refractivity (Wildman–Crippen MR) is 90.0 cm³/mol. The molecule has 2 aliphatic carbocycles. The summed E-state index contributed by atoms with van der Waals surface area (Å²) in [5.41, 5.74) is 0.113. The molecule has 2 aliphatic rings. The Hall–Kier alpha value is -0.0800. The Morgan fingerprint density at radius 2 is 1.85 bits per heavy atom. The Morgan fingerprint density at radius 1 is 1.15 bits per heavy atom. The first kappa shape index (κ1) is 16.3. The lowest BCUT2D eigenvalue weighted by Gasteiger charge is -2.37. The van der Waals surface area contributed by atoms with E-state index in [0.717, 1.165) is 36.4 Å². The van der Waals surface area contributed by atoms with Crippen LogP contribution in [0.3, 0.4) is 0 Å². The summed E-state index contributed by atoms with van der Waals surface area (Å²) >= 11 is 3.70. The van der Waals surface area contributed by atoms with Crippen molar-refractivity contribution in [2.24, 2.45) is 23.2 Å². The van der Waals surface area contributed by atoms with Crippen LogP contribution in [-0.2, 0) is 0 Å². The molecule has 0 aromatic heterocycles. The van der Waals surface area contributed by atoms with Crippen molar-refractivity contribution in [1.29, 1.82) is 0 Å². The van der Waals surface area contributed by atoms with Gasteiger partial charge >= 0.3 is 0 Å². The molecule has 2 rings (SSSR count). The zero-order valence-corrected chi connectivity index (χ0v) is 14.2. The fraction of sp³-hybridized carbons (Fsp3) is 0.778. The Bertz CT molecular complexity index is 340. The van der Waals surface area contributed by atoms with Gasteiger partial charge in [0.2, 0.25) is 0 Å². The zero-order valence-electron chi connectivity index (χ0n) is 12.6. The molecule has 0 aromatic rings. The Morgan fingerprint density at radius 3 is 2.50 bits per heavy atom. The third kappa shape index (κ3) is 3.39. The van der Waals surface area contributed by atoms with E-state index in [0.29, 0.717) is 5.92 Å². The molecule has 114 valence electrons. The van der Waals surface area contributed by atoms with E-state index in [-0.39, 0.29) is 11.5 Å². The van der Waals surface area contributed by atoms with Gasteiger partial charge in [-0.1, -0.05) is 28.1 Å². The van der Waals surface area contributed by atoms with Crippen LogP contribution < -0.4 is 0 Å². The first-order valence-electron chi connectivity index (χ1n) is 8.11. The van der Waals surface area contributed by atoms with Crippen LogP contribution in [0.15, 0.2) is 25.3 Å². The summed E-state index contributed by atoms with van der Waals surface area (Å²) < 4.78 is 0. The van der Waals surface area contributed by atoms with Gasteiger partial charge in [-0.2, -0.15) is 0 Å². The molecule has 5 unspecified atom stereocenters. The van der Waals surface area contributed by atoms with Gasteiger partial charge in [-0.05, 0) is 69.1 Å². The summed E-state index contributed by atoms with van der Waals surface area (Å²) in [6.45, 7) is 7.72. The molecule has 0 saturated heterocycles. The maximum absolute atomic E-state index is 11.0. The summed E-state index contributed by atoms with van der Waals surface area (Å²) in [5.74, 6) is 1.98. The Labute approximate surface area is 132 Å². The van der Waals surface area contributed by atoms with E-state index in [2.05, 4.69) is 29.1 Å². The molecule has 20 heavy (non-hydrogen) atoms. The minimum atomic E-state index is -0.133. The van der Waals surface area contributed by atoms with E-state index in [1.54, 1.807) is 0 Å². The molecule has 1 nitrogen and oxygen atoms in total. The molecule has 0 heterocycles. The van der Waals surface area contributed by atoms with Crippen LogP contribution in [0.4, 0.5) is 0 Å². The molecular formula is C18H29BrO. The highest BCUT2D eigenvalue weighted by Gasteiger charge is 2.47. The quantitative estimate of drug-likeness (QED) is 0.505. The molecule has 0 radical (unpaired) electrons. The molecule has 0 bridgehead atoms. The van der Waals surface area contributed by atoms with E-state index < -0.39 is 0 Å². The summed E-state index contributed by atoms with van der Waals surface area (Å²) in [6.07, 6.45) is 13.4. The molecule has 0 aliphatic heterocycles. The average Bonchev–Trinajstić information content (AvgIpc) is 3.07. The van der Waals surface area contributed by atoms with E-state index in [1.807, 2.05) is 12.2 Å². The van der Waals surface area contributed by atoms with Gasteiger partial charge in [0.25, 0.3) is 0 Å². The highest BCUT2D eigenvalue weighted by atomic mass is 79.9. The standard InChI is InChI=1S/C18H29BrO/c1-3-5-14-7-8-16(11-14)17(20)18(13-19)10-9-15(12-18)6-4-2/h3-4,14-17,20H,1-2,5-13H2. The third-order valence-corrected chi connectivity index (χ3v) is 6.78. The molecule has 2 heteroatoms. The van der Waals surface area contributed by atoms with Crippen LogP contribution in [0.25, 0.3) is 0 Å². The normalized spacial score (nSPS) is 38.8. The number of halogens is 1. The van der Waals surface area contributed by atoms with Gasteiger partial charge in [0.1, 0.15) is 0 Å². The van der Waals surface area contributed by atoms with Crippen molar-refractivity contribution in [3.8, 4) is 0 Å². The van der Waals surface area contributed by atoms with Crippen LogP contribution in [0.1, 0.15) is 51.4 Å². The Kier molecular flexibility index (Phi) is 5.92. The minimum Gasteiger partial charge on any atom is -0.392 e. The van der Waals surface area contributed by atoms with Crippen LogP contribution in [0, 0.1) is 23.2 Å². The van der Waals surface area contributed by atoms with E-state index in [9.17, 15) is 5.11 Å². The number of rotatable bonds is 7. The number of aliphatic hydroxyl groups excluding tert-OH is 1. The lowest BCUT2D eigenvalue weighted by Crippen LogP contribution is -2.39. The molecule has 0 amide bonds.